The van der Waals surface area contributed by atoms with Crippen LogP contribution < -0.4 is 0 Å². The third-order valence-corrected chi connectivity index (χ3v) is 0.468. The molecular weight excluding hydrogens is 136 g/mol. The van der Waals surface area contributed by atoms with E-state index in [2.05, 4.69) is 11.3 Å². The van der Waals surface area contributed by atoms with Crippen molar-refractivity contribution in [3.8, 4) is 0 Å². The highest BCUT2D eigenvalue weighted by molar-refractivity contribution is 5.80. The predicted octanol–water partition coefficient (Wildman–Crippen LogP) is -0.684. The van der Waals surface area contributed by atoms with Gasteiger partial charge < -0.3 is 14.9 Å². The molecule has 0 atom stereocenters. The Kier molecular flexibility index (Phi) is 13.1. The highest BCUT2D eigenvalue weighted by Crippen LogP contribution is 1.67. The van der Waals surface area contributed by atoms with Gasteiger partial charge in [0.25, 0.3) is 0 Å². The van der Waals surface area contributed by atoms with Crippen molar-refractivity contribution >= 4 is 5.97 Å². The van der Waals surface area contributed by atoms with E-state index in [0.29, 0.717) is 0 Å². The quantitative estimate of drug-likeness (QED) is 0.402. The summed E-state index contributed by atoms with van der Waals surface area (Å²) in [5.74, 6) is -0.394. The highest BCUT2D eigenvalue weighted by atomic mass is 16.5. The largest absolute Gasteiger partial charge is 0.466 e. The second kappa shape index (κ2) is 11.0. The monoisotopic (exact) mass is 148 g/mol. The summed E-state index contributed by atoms with van der Waals surface area (Å²) in [6, 6.07) is 0. The summed E-state index contributed by atoms with van der Waals surface area (Å²) in [5.41, 5.74) is 0. The minimum atomic E-state index is -0.394. The van der Waals surface area contributed by atoms with Crippen LogP contribution >= 0.6 is 0 Å². The summed E-state index contributed by atoms with van der Waals surface area (Å²) in [6.45, 7) is 2.91. The van der Waals surface area contributed by atoms with E-state index < -0.39 is 5.97 Å². The van der Waals surface area contributed by atoms with E-state index in [0.717, 1.165) is 6.08 Å². The number of aliphatic hydroxyl groups excluding tert-OH is 2. The van der Waals surface area contributed by atoms with Crippen molar-refractivity contribution in [2.45, 2.75) is 0 Å². The van der Waals surface area contributed by atoms with Crippen molar-refractivity contribution in [3.05, 3.63) is 12.7 Å². The summed E-state index contributed by atoms with van der Waals surface area (Å²) in [6.07, 6.45) is 1.11. The van der Waals surface area contributed by atoms with Gasteiger partial charge in [0.05, 0.1) is 20.3 Å². The third kappa shape index (κ3) is 15.7. The van der Waals surface area contributed by atoms with E-state index in [1.807, 2.05) is 0 Å². The number of hydrogen-bond donors (Lipinski definition) is 2. The molecule has 0 fully saturated rings. The van der Waals surface area contributed by atoms with Crippen molar-refractivity contribution in [3.63, 3.8) is 0 Å². The minimum Gasteiger partial charge on any atom is -0.466 e. The zero-order valence-corrected chi connectivity index (χ0v) is 5.91. The zero-order chi connectivity index (χ0) is 8.41. The van der Waals surface area contributed by atoms with Crippen LogP contribution in [0.2, 0.25) is 0 Å². The molecule has 0 aromatic rings. The topological polar surface area (TPSA) is 66.8 Å². The Bertz CT molecular complexity index is 87.7. The Hall–Kier alpha value is -0.870. The summed E-state index contributed by atoms with van der Waals surface area (Å²) in [7, 11) is 1.31. The maximum absolute atomic E-state index is 9.84. The fourth-order valence-corrected chi connectivity index (χ4v) is 0.0833. The van der Waals surface area contributed by atoms with E-state index in [-0.39, 0.29) is 13.2 Å². The molecule has 4 heteroatoms. The molecule has 0 saturated carbocycles. The number of methoxy groups -OCH3 is 1. The average Bonchev–Trinajstić information content (AvgIpc) is 2.03. The predicted molar refractivity (Wildman–Crippen MR) is 36.4 cm³/mol. The first-order valence-electron chi connectivity index (χ1n) is 2.65. The smallest absolute Gasteiger partial charge is 0.329 e. The Morgan fingerprint density at radius 1 is 1.60 bits per heavy atom. The second-order valence-electron chi connectivity index (χ2n) is 1.17. The van der Waals surface area contributed by atoms with Crippen LogP contribution in [0.15, 0.2) is 12.7 Å². The maximum atomic E-state index is 9.84. The second-order valence-corrected chi connectivity index (χ2v) is 1.17. The molecule has 0 aliphatic heterocycles. The average molecular weight is 148 g/mol. The van der Waals surface area contributed by atoms with Gasteiger partial charge in [0.2, 0.25) is 0 Å². The lowest BCUT2D eigenvalue weighted by molar-refractivity contribution is -0.134. The number of ether oxygens (including phenoxy) is 1. The Balaban J connectivity index is 0. The van der Waals surface area contributed by atoms with E-state index >= 15 is 0 Å². The summed E-state index contributed by atoms with van der Waals surface area (Å²) >= 11 is 0. The maximum Gasteiger partial charge on any atom is 0.329 e. The van der Waals surface area contributed by atoms with Crippen molar-refractivity contribution in [2.24, 2.45) is 0 Å². The van der Waals surface area contributed by atoms with Gasteiger partial charge in [-0.3, -0.25) is 0 Å². The normalized spacial score (nSPS) is 7.10. The molecule has 0 unspecified atom stereocenters. The molecule has 2 N–H and O–H groups in total. The molecule has 0 aromatic heterocycles. The van der Waals surface area contributed by atoms with Gasteiger partial charge in [-0.1, -0.05) is 6.58 Å². The number of hydrogen-bond acceptors (Lipinski definition) is 4. The van der Waals surface area contributed by atoms with E-state index in [9.17, 15) is 4.79 Å². The molecular formula is C6H12O4. The van der Waals surface area contributed by atoms with Gasteiger partial charge in [-0.15, -0.1) is 0 Å². The molecule has 0 amide bonds. The van der Waals surface area contributed by atoms with Crippen LogP contribution in [0.1, 0.15) is 0 Å². The van der Waals surface area contributed by atoms with Gasteiger partial charge in [-0.05, 0) is 0 Å². The van der Waals surface area contributed by atoms with Gasteiger partial charge in [0.15, 0.2) is 0 Å². The lowest BCUT2D eigenvalue weighted by Crippen LogP contribution is -1.91. The van der Waals surface area contributed by atoms with E-state index in [1.165, 1.54) is 7.11 Å². The standard InChI is InChI=1S/C4H6O2.C2H6O2/c1-3-4(5)6-2;3-1-2-4/h3H,1H2,2H3;3-4H,1-2H2. The summed E-state index contributed by atoms with van der Waals surface area (Å²) < 4.78 is 4.14. The van der Waals surface area contributed by atoms with Crippen LogP contribution in [0.4, 0.5) is 0 Å². The first kappa shape index (κ1) is 11.9. The van der Waals surface area contributed by atoms with Gasteiger partial charge in [0.1, 0.15) is 0 Å². The first-order valence-corrected chi connectivity index (χ1v) is 2.65. The number of carbonyl (C=O) groups is 1. The van der Waals surface area contributed by atoms with Gasteiger partial charge in [0, 0.05) is 6.08 Å². The summed E-state index contributed by atoms with van der Waals surface area (Å²) in [5, 5.41) is 15.2. The number of rotatable bonds is 2. The van der Waals surface area contributed by atoms with Crippen molar-refractivity contribution in [1.82, 2.24) is 0 Å². The first-order chi connectivity index (χ1) is 4.72. The van der Waals surface area contributed by atoms with Crippen LogP contribution in [0.25, 0.3) is 0 Å². The fraction of sp³-hybridized carbons (Fsp3) is 0.500. The van der Waals surface area contributed by atoms with Crippen molar-refractivity contribution < 1.29 is 19.7 Å². The zero-order valence-electron chi connectivity index (χ0n) is 5.91. The molecule has 60 valence electrons. The van der Waals surface area contributed by atoms with Crippen molar-refractivity contribution in [2.75, 3.05) is 20.3 Å². The molecule has 0 saturated heterocycles. The van der Waals surface area contributed by atoms with Crippen LogP contribution in [-0.4, -0.2) is 36.5 Å². The molecule has 0 aliphatic carbocycles. The summed E-state index contributed by atoms with van der Waals surface area (Å²) in [4.78, 5) is 9.84. The SMILES string of the molecule is C=CC(=O)OC.OCCO. The molecule has 0 spiro atoms. The van der Waals surface area contributed by atoms with Gasteiger partial charge >= 0.3 is 5.97 Å². The Morgan fingerprint density at radius 3 is 2.00 bits per heavy atom. The number of carbonyl (C=O) groups excluding carboxylic acids is 1. The van der Waals surface area contributed by atoms with Gasteiger partial charge in [-0.25, -0.2) is 4.79 Å². The van der Waals surface area contributed by atoms with E-state index in [4.69, 9.17) is 10.2 Å². The molecule has 0 bridgehead atoms. The molecule has 0 aliphatic rings. The van der Waals surface area contributed by atoms with Crippen LogP contribution in [0, 0.1) is 0 Å². The molecule has 0 radical (unpaired) electrons. The third-order valence-electron chi connectivity index (χ3n) is 0.468. The fourth-order valence-electron chi connectivity index (χ4n) is 0.0833. The molecule has 0 aromatic carbocycles. The van der Waals surface area contributed by atoms with Gasteiger partial charge in [-0.2, -0.15) is 0 Å². The molecule has 10 heavy (non-hydrogen) atoms. The van der Waals surface area contributed by atoms with Crippen LogP contribution in [-0.2, 0) is 9.53 Å². The van der Waals surface area contributed by atoms with Crippen molar-refractivity contribution in [1.29, 1.82) is 0 Å². The van der Waals surface area contributed by atoms with Crippen LogP contribution in [0.3, 0.4) is 0 Å². The lowest BCUT2D eigenvalue weighted by atomic mass is 10.7. The molecule has 0 rings (SSSR count). The number of esters is 1. The molecule has 4 nitrogen and oxygen atoms in total. The Morgan fingerprint density at radius 2 is 2.00 bits per heavy atom. The van der Waals surface area contributed by atoms with E-state index in [1.54, 1.807) is 0 Å². The number of aliphatic hydroxyl groups is 2. The Labute approximate surface area is 59.7 Å². The highest BCUT2D eigenvalue weighted by Gasteiger charge is 1.81. The van der Waals surface area contributed by atoms with Crippen LogP contribution in [0.5, 0.6) is 0 Å². The lowest BCUT2D eigenvalue weighted by Gasteiger charge is -1.83. The molecule has 0 heterocycles. The minimum absolute atomic E-state index is 0.125.